The van der Waals surface area contributed by atoms with E-state index in [1.165, 1.54) is 32.4 Å². The van der Waals surface area contributed by atoms with Crippen LogP contribution in [-0.2, 0) is 16.6 Å². The molecule has 0 amide bonds. The van der Waals surface area contributed by atoms with Crippen LogP contribution in [0.25, 0.3) is 0 Å². The van der Waals surface area contributed by atoms with Crippen LogP contribution in [-0.4, -0.2) is 65.7 Å². The van der Waals surface area contributed by atoms with Crippen molar-refractivity contribution in [1.29, 1.82) is 0 Å². The number of sulfonamides is 1. The number of anilines is 2. The third kappa shape index (κ3) is 6.41. The van der Waals surface area contributed by atoms with E-state index in [1.54, 1.807) is 12.1 Å². The van der Waals surface area contributed by atoms with E-state index in [9.17, 15) is 12.8 Å². The van der Waals surface area contributed by atoms with Gasteiger partial charge in [-0.3, -0.25) is 0 Å². The Labute approximate surface area is 267 Å². The third-order valence-corrected chi connectivity index (χ3v) is 11.6. The molecule has 2 aliphatic heterocycles. The number of hydrogen-bond donors (Lipinski definition) is 0. The Morgan fingerprint density at radius 1 is 1.07 bits per heavy atom. The second kappa shape index (κ2) is 13.3. The molecule has 0 unspecified atom stereocenters. The van der Waals surface area contributed by atoms with Crippen molar-refractivity contribution in [2.75, 3.05) is 56.7 Å². The van der Waals surface area contributed by atoms with Crippen LogP contribution in [0.3, 0.4) is 0 Å². The molecule has 0 N–H and O–H groups in total. The van der Waals surface area contributed by atoms with Crippen molar-refractivity contribution in [2.45, 2.75) is 44.0 Å². The van der Waals surface area contributed by atoms with E-state index < -0.39 is 44.1 Å². The molecule has 3 heterocycles. The molecule has 0 spiro atoms. The Hall–Kier alpha value is -3.22. The maximum Gasteiger partial charge on any atom is 0.271 e. The fourth-order valence-corrected chi connectivity index (χ4v) is 8.57. The second-order valence-electron chi connectivity index (χ2n) is 11.8. The number of methoxy groups -OCH3 is 2. The first-order valence-electron chi connectivity index (χ1n) is 14.9. The monoisotopic (exact) mass is 666 g/mol. The zero-order valence-electron chi connectivity index (χ0n) is 25.8. The SMILES string of the molecule is CC[C@@]1(C2CCN(C)CC2)CCN(c2cc(F)c(S(=O)(=O)N(Cc3ccc(OC)cc3OC)c3cccc(F)n3)c(F)c2Cl)C1. The van der Waals surface area contributed by atoms with Gasteiger partial charge in [-0.15, -0.1) is 0 Å². The van der Waals surface area contributed by atoms with Crippen LogP contribution in [0.15, 0.2) is 47.4 Å². The van der Waals surface area contributed by atoms with Crippen molar-refractivity contribution >= 4 is 33.1 Å². The molecule has 2 fully saturated rings. The van der Waals surface area contributed by atoms with Gasteiger partial charge in [0, 0.05) is 30.8 Å². The molecule has 0 aliphatic carbocycles. The lowest BCUT2D eigenvalue weighted by Crippen LogP contribution is -2.41. The molecule has 2 aromatic carbocycles. The van der Waals surface area contributed by atoms with Gasteiger partial charge >= 0.3 is 0 Å². The van der Waals surface area contributed by atoms with Gasteiger partial charge in [0.05, 0.1) is 26.5 Å². The van der Waals surface area contributed by atoms with E-state index in [-0.39, 0.29) is 22.7 Å². The van der Waals surface area contributed by atoms with Crippen LogP contribution in [0.1, 0.15) is 38.2 Å². The molecule has 13 heteroatoms. The van der Waals surface area contributed by atoms with Crippen LogP contribution in [0, 0.1) is 28.9 Å². The molecule has 2 saturated heterocycles. The zero-order chi connectivity index (χ0) is 32.5. The predicted molar refractivity (Wildman–Crippen MR) is 168 cm³/mol. The Morgan fingerprint density at radius 3 is 2.44 bits per heavy atom. The number of halogens is 4. The standard InChI is InChI=1S/C32H38ClF3N4O4S/c1-5-32(22-11-14-38(2)15-12-22)13-16-39(20-32)25-18-24(34)31(30(36)29(25)33)45(41,42)40(28-8-6-7-27(35)37-28)19-21-9-10-23(43-3)17-26(21)44-4/h6-10,17-18,22H,5,11-16,19-20H2,1-4H3/t32-/m1/s1. The minimum atomic E-state index is -5.02. The number of piperidine rings is 1. The van der Waals surface area contributed by atoms with Gasteiger partial charge in [0.2, 0.25) is 5.95 Å². The topological polar surface area (TPSA) is 75.2 Å². The summed E-state index contributed by atoms with van der Waals surface area (Å²) < 4.78 is 85.9. The number of likely N-dealkylation sites (tertiary alicyclic amines) is 1. The molecular weight excluding hydrogens is 629 g/mol. The zero-order valence-corrected chi connectivity index (χ0v) is 27.4. The molecule has 0 saturated carbocycles. The first-order valence-corrected chi connectivity index (χ1v) is 16.7. The summed E-state index contributed by atoms with van der Waals surface area (Å²) in [5.74, 6) is -2.90. The number of hydrogen-bond acceptors (Lipinski definition) is 7. The van der Waals surface area contributed by atoms with Gasteiger partial charge in [-0.2, -0.15) is 4.39 Å². The van der Waals surface area contributed by atoms with E-state index in [4.69, 9.17) is 21.1 Å². The molecule has 244 valence electrons. The summed E-state index contributed by atoms with van der Waals surface area (Å²) in [6.45, 7) is 4.78. The Balaban J connectivity index is 1.53. The maximum atomic E-state index is 16.1. The first kappa shape index (κ1) is 33.2. The molecule has 0 bridgehead atoms. The number of aromatic nitrogens is 1. The summed E-state index contributed by atoms with van der Waals surface area (Å²) in [5.41, 5.74) is 0.402. The van der Waals surface area contributed by atoms with Gasteiger partial charge in [0.15, 0.2) is 10.7 Å². The minimum Gasteiger partial charge on any atom is -0.497 e. The highest BCUT2D eigenvalue weighted by Crippen LogP contribution is 2.48. The van der Waals surface area contributed by atoms with Crippen molar-refractivity contribution in [3.05, 3.63) is 70.6 Å². The average Bonchev–Trinajstić information content (AvgIpc) is 3.47. The second-order valence-corrected chi connectivity index (χ2v) is 14.0. The fraction of sp³-hybridized carbons (Fsp3) is 0.469. The lowest BCUT2D eigenvalue weighted by molar-refractivity contribution is 0.0979. The van der Waals surface area contributed by atoms with E-state index in [0.29, 0.717) is 34.6 Å². The summed E-state index contributed by atoms with van der Waals surface area (Å²) >= 11 is 6.53. The summed E-state index contributed by atoms with van der Waals surface area (Å²) in [6, 6.07) is 9.17. The molecule has 2 aliphatic rings. The van der Waals surface area contributed by atoms with E-state index in [1.807, 2.05) is 4.90 Å². The number of rotatable bonds is 10. The van der Waals surface area contributed by atoms with Crippen LogP contribution < -0.4 is 18.7 Å². The normalized spacial score (nSPS) is 19.6. The van der Waals surface area contributed by atoms with E-state index in [2.05, 4.69) is 23.9 Å². The van der Waals surface area contributed by atoms with Gasteiger partial charge in [-0.05, 0) is 81.4 Å². The molecular formula is C32H38ClF3N4O4S. The largest absolute Gasteiger partial charge is 0.497 e. The Bertz CT molecular complexity index is 1660. The van der Waals surface area contributed by atoms with Gasteiger partial charge in [-0.25, -0.2) is 26.5 Å². The summed E-state index contributed by atoms with van der Waals surface area (Å²) in [7, 11) is -0.0762. The Morgan fingerprint density at radius 2 is 1.80 bits per heavy atom. The van der Waals surface area contributed by atoms with Crippen molar-refractivity contribution in [3.8, 4) is 11.5 Å². The van der Waals surface area contributed by atoms with Crippen LogP contribution >= 0.6 is 11.6 Å². The van der Waals surface area contributed by atoms with Crippen LogP contribution in [0.2, 0.25) is 5.02 Å². The number of benzene rings is 2. The van der Waals surface area contributed by atoms with Crippen molar-refractivity contribution < 1.29 is 31.1 Å². The summed E-state index contributed by atoms with van der Waals surface area (Å²) in [6.07, 6.45) is 3.86. The van der Waals surface area contributed by atoms with Crippen molar-refractivity contribution in [3.63, 3.8) is 0 Å². The Kier molecular flexibility index (Phi) is 9.76. The molecule has 1 atom stereocenters. The lowest BCUT2D eigenvalue weighted by Gasteiger charge is -2.41. The number of nitrogens with zero attached hydrogens (tertiary/aromatic N) is 4. The van der Waals surface area contributed by atoms with E-state index in [0.717, 1.165) is 50.9 Å². The predicted octanol–water partition coefficient (Wildman–Crippen LogP) is 6.51. The van der Waals surface area contributed by atoms with Crippen molar-refractivity contribution in [2.24, 2.45) is 11.3 Å². The van der Waals surface area contributed by atoms with Gasteiger partial charge < -0.3 is 19.3 Å². The quantitative estimate of drug-likeness (QED) is 0.180. The molecule has 45 heavy (non-hydrogen) atoms. The first-order chi connectivity index (χ1) is 21.4. The number of ether oxygens (including phenoxy) is 2. The summed E-state index contributed by atoms with van der Waals surface area (Å²) in [4.78, 5) is 6.64. The average molecular weight is 667 g/mol. The smallest absolute Gasteiger partial charge is 0.271 e. The van der Waals surface area contributed by atoms with Gasteiger partial charge in [0.1, 0.15) is 28.2 Å². The third-order valence-electron chi connectivity index (χ3n) is 9.42. The molecule has 1 aromatic heterocycles. The lowest BCUT2D eigenvalue weighted by atomic mass is 9.68. The minimum absolute atomic E-state index is 0.0282. The van der Waals surface area contributed by atoms with E-state index >= 15 is 8.78 Å². The van der Waals surface area contributed by atoms with Gasteiger partial charge in [0.25, 0.3) is 10.0 Å². The van der Waals surface area contributed by atoms with Gasteiger partial charge in [-0.1, -0.05) is 24.6 Å². The highest BCUT2D eigenvalue weighted by molar-refractivity contribution is 7.92. The number of pyridine rings is 1. The molecule has 8 nitrogen and oxygen atoms in total. The van der Waals surface area contributed by atoms with Crippen molar-refractivity contribution in [1.82, 2.24) is 9.88 Å². The maximum absolute atomic E-state index is 16.1. The van der Waals surface area contributed by atoms with Crippen LogP contribution in [0.4, 0.5) is 24.7 Å². The molecule has 5 rings (SSSR count). The fourth-order valence-electron chi connectivity index (χ4n) is 6.74. The summed E-state index contributed by atoms with van der Waals surface area (Å²) in [5, 5.41) is -0.487. The highest BCUT2D eigenvalue weighted by atomic mass is 35.5. The molecule has 0 radical (unpaired) electrons. The van der Waals surface area contributed by atoms with Crippen LogP contribution in [0.5, 0.6) is 11.5 Å². The molecule has 3 aromatic rings. The highest BCUT2D eigenvalue weighted by Gasteiger charge is 2.45.